The summed E-state index contributed by atoms with van der Waals surface area (Å²) in [6.45, 7) is 1.55. The highest BCUT2D eigenvalue weighted by atomic mass is 16.4. The molecule has 1 aromatic carbocycles. The van der Waals surface area contributed by atoms with Crippen LogP contribution in [0, 0.1) is 0 Å². The van der Waals surface area contributed by atoms with E-state index in [2.05, 4.69) is 9.98 Å². The number of aliphatic imine (C=N–C) groups is 1. The Morgan fingerprint density at radius 2 is 2.25 bits per heavy atom. The van der Waals surface area contributed by atoms with Gasteiger partial charge in [-0.3, -0.25) is 4.99 Å². The van der Waals surface area contributed by atoms with Gasteiger partial charge in [-0.1, -0.05) is 18.2 Å². The molecule has 0 amide bonds. The van der Waals surface area contributed by atoms with E-state index in [0.717, 1.165) is 16.5 Å². The highest BCUT2D eigenvalue weighted by Crippen LogP contribution is 2.15. The van der Waals surface area contributed by atoms with Crippen molar-refractivity contribution in [3.8, 4) is 0 Å². The van der Waals surface area contributed by atoms with Crippen LogP contribution >= 0.6 is 0 Å². The number of hydrogen-bond donors (Lipinski definition) is 2. The molecular weight excluding hydrogens is 204 g/mol. The molecule has 1 aromatic heterocycles. The van der Waals surface area contributed by atoms with Crippen LogP contribution in [0.15, 0.2) is 35.5 Å². The van der Waals surface area contributed by atoms with Crippen molar-refractivity contribution < 1.29 is 9.90 Å². The minimum Gasteiger partial charge on any atom is -0.480 e. The molecule has 1 atom stereocenters. The Morgan fingerprint density at radius 3 is 3.00 bits per heavy atom. The van der Waals surface area contributed by atoms with E-state index in [1.165, 1.54) is 0 Å². The lowest BCUT2D eigenvalue weighted by Gasteiger charge is -1.97. The van der Waals surface area contributed by atoms with Gasteiger partial charge < -0.3 is 10.1 Å². The van der Waals surface area contributed by atoms with Crippen molar-refractivity contribution in [1.29, 1.82) is 0 Å². The number of rotatable bonds is 3. The Labute approximate surface area is 92.6 Å². The number of carboxylic acid groups (broad SMARTS) is 1. The third-order valence-electron chi connectivity index (χ3n) is 2.42. The van der Waals surface area contributed by atoms with Gasteiger partial charge in [-0.05, 0) is 13.0 Å². The first-order valence-electron chi connectivity index (χ1n) is 5.00. The third kappa shape index (κ3) is 1.95. The van der Waals surface area contributed by atoms with E-state index < -0.39 is 12.0 Å². The molecule has 0 unspecified atom stereocenters. The van der Waals surface area contributed by atoms with Gasteiger partial charge in [0.1, 0.15) is 6.04 Å². The summed E-state index contributed by atoms with van der Waals surface area (Å²) in [5.41, 5.74) is 1.93. The maximum Gasteiger partial charge on any atom is 0.328 e. The van der Waals surface area contributed by atoms with Gasteiger partial charge in [0.2, 0.25) is 0 Å². The summed E-state index contributed by atoms with van der Waals surface area (Å²) >= 11 is 0. The van der Waals surface area contributed by atoms with Crippen molar-refractivity contribution in [2.75, 3.05) is 0 Å². The molecule has 0 bridgehead atoms. The molecule has 82 valence electrons. The maximum atomic E-state index is 10.6. The Hall–Kier alpha value is -2.10. The minimum absolute atomic E-state index is 0.714. The number of nitrogens with zero attached hydrogens (tertiary/aromatic N) is 1. The number of H-pyrrole nitrogens is 1. The van der Waals surface area contributed by atoms with E-state index in [-0.39, 0.29) is 0 Å². The molecule has 0 aliphatic carbocycles. The standard InChI is InChI=1S/C12H12N2O2/c1-8(12(15)16)13-6-9-7-14-11-5-3-2-4-10(9)11/h2-8,14H,1H3,(H,15,16)/t8-/m0/s1. The van der Waals surface area contributed by atoms with Crippen LogP contribution in [0.1, 0.15) is 12.5 Å². The number of carbonyl (C=O) groups is 1. The number of hydrogen-bond acceptors (Lipinski definition) is 2. The summed E-state index contributed by atoms with van der Waals surface area (Å²) in [5.74, 6) is -0.920. The first-order chi connectivity index (χ1) is 7.68. The van der Waals surface area contributed by atoms with Gasteiger partial charge in [-0.25, -0.2) is 4.79 Å². The Morgan fingerprint density at radius 1 is 1.50 bits per heavy atom. The van der Waals surface area contributed by atoms with Crippen LogP contribution < -0.4 is 0 Å². The second-order valence-electron chi connectivity index (χ2n) is 3.58. The molecule has 0 saturated carbocycles. The summed E-state index contributed by atoms with van der Waals surface area (Å²) in [5, 5.41) is 9.75. The average Bonchev–Trinajstić information content (AvgIpc) is 2.69. The largest absolute Gasteiger partial charge is 0.480 e. The molecule has 2 aromatic rings. The van der Waals surface area contributed by atoms with Gasteiger partial charge in [0.05, 0.1) is 0 Å². The smallest absolute Gasteiger partial charge is 0.328 e. The van der Waals surface area contributed by atoms with Crippen molar-refractivity contribution in [3.63, 3.8) is 0 Å². The van der Waals surface area contributed by atoms with E-state index in [1.54, 1.807) is 13.1 Å². The van der Waals surface area contributed by atoms with Crippen LogP contribution in [0.5, 0.6) is 0 Å². The normalized spacial score (nSPS) is 13.3. The zero-order valence-corrected chi connectivity index (χ0v) is 8.84. The van der Waals surface area contributed by atoms with Gasteiger partial charge in [-0.15, -0.1) is 0 Å². The van der Waals surface area contributed by atoms with Crippen LogP contribution in [0.2, 0.25) is 0 Å². The summed E-state index contributed by atoms with van der Waals surface area (Å²) in [7, 11) is 0. The molecule has 0 saturated heterocycles. The monoisotopic (exact) mass is 216 g/mol. The van der Waals surface area contributed by atoms with Gasteiger partial charge in [0.15, 0.2) is 0 Å². The Bertz CT molecular complexity index is 543. The molecule has 1 heterocycles. The Kier molecular flexibility index (Phi) is 2.72. The molecule has 0 aliphatic heterocycles. The van der Waals surface area contributed by atoms with E-state index in [4.69, 9.17) is 5.11 Å². The number of benzene rings is 1. The molecule has 0 fully saturated rings. The van der Waals surface area contributed by atoms with Gasteiger partial charge in [0.25, 0.3) is 0 Å². The first-order valence-corrected chi connectivity index (χ1v) is 5.00. The highest BCUT2D eigenvalue weighted by Gasteiger charge is 2.07. The third-order valence-corrected chi connectivity index (χ3v) is 2.42. The minimum atomic E-state index is -0.920. The molecule has 0 aliphatic rings. The molecule has 0 spiro atoms. The molecular formula is C12H12N2O2. The van der Waals surface area contributed by atoms with Gasteiger partial charge >= 0.3 is 5.97 Å². The second kappa shape index (κ2) is 4.18. The zero-order chi connectivity index (χ0) is 11.5. The summed E-state index contributed by atoms with van der Waals surface area (Å²) < 4.78 is 0. The lowest BCUT2D eigenvalue weighted by Crippen LogP contribution is -2.12. The molecule has 2 rings (SSSR count). The lowest BCUT2D eigenvalue weighted by molar-refractivity contribution is -0.137. The quantitative estimate of drug-likeness (QED) is 0.771. The average molecular weight is 216 g/mol. The van der Waals surface area contributed by atoms with E-state index in [1.807, 2.05) is 30.5 Å². The molecule has 4 nitrogen and oxygen atoms in total. The Balaban J connectivity index is 2.31. The fraction of sp³-hybridized carbons (Fsp3) is 0.167. The SMILES string of the molecule is C[C@H](N=Cc1c[nH]c2ccccc12)C(=O)O. The summed E-state index contributed by atoms with van der Waals surface area (Å²) in [6.07, 6.45) is 3.42. The van der Waals surface area contributed by atoms with Crippen molar-refractivity contribution in [2.24, 2.45) is 4.99 Å². The number of fused-ring (bicyclic) bond motifs is 1. The zero-order valence-electron chi connectivity index (χ0n) is 8.84. The molecule has 0 radical (unpaired) electrons. The van der Waals surface area contributed by atoms with Crippen molar-refractivity contribution in [3.05, 3.63) is 36.0 Å². The van der Waals surface area contributed by atoms with E-state index in [0.29, 0.717) is 0 Å². The van der Waals surface area contributed by atoms with Gasteiger partial charge in [-0.2, -0.15) is 0 Å². The van der Waals surface area contributed by atoms with Crippen molar-refractivity contribution in [1.82, 2.24) is 4.98 Å². The predicted octanol–water partition coefficient (Wildman–Crippen LogP) is 2.06. The van der Waals surface area contributed by atoms with Crippen molar-refractivity contribution in [2.45, 2.75) is 13.0 Å². The maximum absolute atomic E-state index is 10.6. The fourth-order valence-corrected chi connectivity index (χ4v) is 1.46. The highest BCUT2D eigenvalue weighted by molar-refractivity contribution is 5.99. The number of nitrogens with one attached hydrogen (secondary N) is 1. The van der Waals surface area contributed by atoms with Crippen LogP contribution in [0.3, 0.4) is 0 Å². The van der Waals surface area contributed by atoms with Gasteiger partial charge in [0, 0.05) is 28.9 Å². The van der Waals surface area contributed by atoms with Crippen LogP contribution in [-0.2, 0) is 4.79 Å². The predicted molar refractivity (Wildman–Crippen MR) is 63.0 cm³/mol. The van der Waals surface area contributed by atoms with Crippen LogP contribution in [0.25, 0.3) is 10.9 Å². The molecule has 16 heavy (non-hydrogen) atoms. The van der Waals surface area contributed by atoms with E-state index >= 15 is 0 Å². The fourth-order valence-electron chi connectivity index (χ4n) is 1.46. The van der Waals surface area contributed by atoms with Crippen LogP contribution in [0.4, 0.5) is 0 Å². The first kappa shape index (κ1) is 10.4. The summed E-state index contributed by atoms with van der Waals surface area (Å²) in [6, 6.07) is 7.10. The molecule has 4 heteroatoms. The topological polar surface area (TPSA) is 65.5 Å². The summed E-state index contributed by atoms with van der Waals surface area (Å²) in [4.78, 5) is 17.7. The van der Waals surface area contributed by atoms with Crippen molar-refractivity contribution >= 4 is 23.1 Å². The number of aromatic amines is 1. The number of aromatic nitrogens is 1. The van der Waals surface area contributed by atoms with E-state index in [9.17, 15) is 4.79 Å². The molecule has 2 N–H and O–H groups in total. The number of aliphatic carboxylic acids is 1. The van der Waals surface area contributed by atoms with Crippen LogP contribution in [-0.4, -0.2) is 28.3 Å². The number of para-hydroxylation sites is 1. The number of carboxylic acids is 1. The lowest BCUT2D eigenvalue weighted by atomic mass is 10.2. The second-order valence-corrected chi connectivity index (χ2v) is 3.58.